The van der Waals surface area contributed by atoms with E-state index in [1.165, 1.54) is 18.2 Å². The molecule has 2 unspecified atom stereocenters. The maximum Gasteiger partial charge on any atom is 0.175 e. The zero-order chi connectivity index (χ0) is 13.3. The molecule has 0 spiro atoms. The first-order chi connectivity index (χ1) is 8.36. The van der Waals surface area contributed by atoms with Crippen LogP contribution in [0.25, 0.3) is 0 Å². The largest absolute Gasteiger partial charge is 0.379 e. The SMILES string of the molecule is CC1CC(Nc2cc(S(C)(=O)=O)ccc2F)CS1. The van der Waals surface area contributed by atoms with Gasteiger partial charge in [0.1, 0.15) is 5.82 Å². The van der Waals surface area contributed by atoms with Crippen LogP contribution in [0.3, 0.4) is 0 Å². The molecule has 100 valence electrons. The van der Waals surface area contributed by atoms with Crippen LogP contribution in [0, 0.1) is 5.82 Å². The fraction of sp³-hybridized carbons (Fsp3) is 0.500. The zero-order valence-electron chi connectivity index (χ0n) is 10.3. The minimum atomic E-state index is -3.30. The molecule has 1 heterocycles. The van der Waals surface area contributed by atoms with Gasteiger partial charge in [-0.1, -0.05) is 6.92 Å². The van der Waals surface area contributed by atoms with Crippen LogP contribution in [0.15, 0.2) is 23.1 Å². The van der Waals surface area contributed by atoms with E-state index in [-0.39, 0.29) is 16.6 Å². The van der Waals surface area contributed by atoms with E-state index < -0.39 is 15.7 Å². The number of hydrogen-bond acceptors (Lipinski definition) is 4. The normalized spacial score (nSPS) is 24.2. The monoisotopic (exact) mass is 289 g/mol. The van der Waals surface area contributed by atoms with Gasteiger partial charge in [0, 0.05) is 23.3 Å². The van der Waals surface area contributed by atoms with Gasteiger partial charge in [-0.05, 0) is 24.6 Å². The fourth-order valence-electron chi connectivity index (χ4n) is 1.98. The molecule has 0 saturated carbocycles. The molecule has 1 saturated heterocycles. The van der Waals surface area contributed by atoms with E-state index in [1.54, 1.807) is 0 Å². The quantitative estimate of drug-likeness (QED) is 0.869. The molecule has 1 fully saturated rings. The number of sulfone groups is 1. The summed E-state index contributed by atoms with van der Waals surface area (Å²) in [7, 11) is -3.30. The summed E-state index contributed by atoms with van der Waals surface area (Å²) in [4.78, 5) is 0.144. The minimum Gasteiger partial charge on any atom is -0.379 e. The summed E-state index contributed by atoms with van der Waals surface area (Å²) in [5.41, 5.74) is 0.276. The second-order valence-corrected chi connectivity index (χ2v) is 8.12. The number of halogens is 1. The molecule has 1 N–H and O–H groups in total. The third-order valence-electron chi connectivity index (χ3n) is 2.92. The van der Waals surface area contributed by atoms with Crippen molar-refractivity contribution in [3.63, 3.8) is 0 Å². The molecule has 0 bridgehead atoms. The molecule has 6 heteroatoms. The molecular weight excluding hydrogens is 273 g/mol. The van der Waals surface area contributed by atoms with E-state index in [2.05, 4.69) is 12.2 Å². The summed E-state index contributed by atoms with van der Waals surface area (Å²) in [5, 5.41) is 3.65. The molecule has 0 radical (unpaired) electrons. The lowest BCUT2D eigenvalue weighted by Crippen LogP contribution is -2.20. The molecule has 2 rings (SSSR count). The minimum absolute atomic E-state index is 0.144. The average Bonchev–Trinajstić information content (AvgIpc) is 2.66. The van der Waals surface area contributed by atoms with E-state index >= 15 is 0 Å². The Bertz CT molecular complexity index is 545. The Morgan fingerprint density at radius 2 is 2.17 bits per heavy atom. The van der Waals surface area contributed by atoms with Crippen LogP contribution in [-0.2, 0) is 9.84 Å². The number of hydrogen-bond donors (Lipinski definition) is 1. The van der Waals surface area contributed by atoms with Crippen molar-refractivity contribution in [1.82, 2.24) is 0 Å². The lowest BCUT2D eigenvalue weighted by molar-refractivity contribution is 0.600. The molecule has 1 aromatic carbocycles. The maximum atomic E-state index is 13.6. The second-order valence-electron chi connectivity index (χ2n) is 4.63. The van der Waals surface area contributed by atoms with Crippen LogP contribution in [0.4, 0.5) is 10.1 Å². The van der Waals surface area contributed by atoms with Crippen molar-refractivity contribution < 1.29 is 12.8 Å². The third-order valence-corrected chi connectivity index (χ3v) is 5.39. The Hall–Kier alpha value is -0.750. The number of anilines is 1. The lowest BCUT2D eigenvalue weighted by atomic mass is 10.2. The van der Waals surface area contributed by atoms with Gasteiger partial charge in [-0.2, -0.15) is 11.8 Å². The summed E-state index contributed by atoms with van der Waals surface area (Å²) < 4.78 is 36.5. The van der Waals surface area contributed by atoms with E-state index in [0.717, 1.165) is 18.4 Å². The molecule has 3 nitrogen and oxygen atoms in total. The lowest BCUT2D eigenvalue weighted by Gasteiger charge is -2.14. The first kappa shape index (κ1) is 13.7. The van der Waals surface area contributed by atoms with Gasteiger partial charge >= 0.3 is 0 Å². The molecule has 18 heavy (non-hydrogen) atoms. The van der Waals surface area contributed by atoms with Gasteiger partial charge in [0.25, 0.3) is 0 Å². The van der Waals surface area contributed by atoms with Crippen LogP contribution in [0.2, 0.25) is 0 Å². The van der Waals surface area contributed by atoms with Gasteiger partial charge in [-0.3, -0.25) is 0 Å². The Balaban J connectivity index is 2.22. The Morgan fingerprint density at radius 1 is 1.44 bits per heavy atom. The summed E-state index contributed by atoms with van der Waals surface area (Å²) >= 11 is 1.84. The fourth-order valence-corrected chi connectivity index (χ4v) is 3.78. The molecular formula is C12H16FNO2S2. The highest BCUT2D eigenvalue weighted by molar-refractivity contribution is 8.00. The van der Waals surface area contributed by atoms with Gasteiger partial charge in [-0.25, -0.2) is 12.8 Å². The topological polar surface area (TPSA) is 46.2 Å². The number of thioether (sulfide) groups is 1. The van der Waals surface area contributed by atoms with Crippen LogP contribution >= 0.6 is 11.8 Å². The number of benzene rings is 1. The van der Waals surface area contributed by atoms with Crippen molar-refractivity contribution in [3.8, 4) is 0 Å². The highest BCUT2D eigenvalue weighted by atomic mass is 32.2. The molecule has 1 aliphatic heterocycles. The second kappa shape index (κ2) is 5.09. The molecule has 1 aromatic rings. The predicted octanol–water partition coefficient (Wildman–Crippen LogP) is 2.54. The van der Waals surface area contributed by atoms with Crippen molar-refractivity contribution >= 4 is 27.3 Å². The first-order valence-electron chi connectivity index (χ1n) is 5.74. The molecule has 2 atom stereocenters. The highest BCUT2D eigenvalue weighted by Gasteiger charge is 2.23. The summed E-state index contributed by atoms with van der Waals surface area (Å²) in [6, 6.07) is 4.07. The Morgan fingerprint density at radius 3 is 2.72 bits per heavy atom. The van der Waals surface area contributed by atoms with Crippen molar-refractivity contribution in [2.75, 3.05) is 17.3 Å². The van der Waals surface area contributed by atoms with Crippen molar-refractivity contribution in [2.24, 2.45) is 0 Å². The molecule has 0 aliphatic carbocycles. The van der Waals surface area contributed by atoms with Crippen molar-refractivity contribution in [3.05, 3.63) is 24.0 Å². The van der Waals surface area contributed by atoms with Gasteiger partial charge < -0.3 is 5.32 Å². The summed E-state index contributed by atoms with van der Waals surface area (Å²) in [5.74, 6) is 0.510. The molecule has 1 aliphatic rings. The van der Waals surface area contributed by atoms with Gasteiger partial charge in [0.2, 0.25) is 0 Å². The van der Waals surface area contributed by atoms with E-state index in [1.807, 2.05) is 11.8 Å². The van der Waals surface area contributed by atoms with Gasteiger partial charge in [-0.15, -0.1) is 0 Å². The molecule has 0 amide bonds. The van der Waals surface area contributed by atoms with Gasteiger partial charge in [0.05, 0.1) is 10.6 Å². The number of rotatable bonds is 3. The first-order valence-corrected chi connectivity index (χ1v) is 8.68. The van der Waals surface area contributed by atoms with Crippen LogP contribution in [0.1, 0.15) is 13.3 Å². The summed E-state index contributed by atoms with van der Waals surface area (Å²) in [6.07, 6.45) is 2.09. The zero-order valence-corrected chi connectivity index (χ0v) is 11.9. The van der Waals surface area contributed by atoms with Crippen LogP contribution in [-0.4, -0.2) is 31.7 Å². The smallest absolute Gasteiger partial charge is 0.175 e. The van der Waals surface area contributed by atoms with E-state index in [4.69, 9.17) is 0 Å². The average molecular weight is 289 g/mol. The van der Waals surface area contributed by atoms with Crippen LogP contribution in [0.5, 0.6) is 0 Å². The number of nitrogens with one attached hydrogen (secondary N) is 1. The van der Waals surface area contributed by atoms with Crippen molar-refractivity contribution in [2.45, 2.75) is 29.5 Å². The molecule has 0 aromatic heterocycles. The summed E-state index contributed by atoms with van der Waals surface area (Å²) in [6.45, 7) is 2.13. The predicted molar refractivity (Wildman–Crippen MR) is 73.5 cm³/mol. The van der Waals surface area contributed by atoms with E-state index in [9.17, 15) is 12.8 Å². The van der Waals surface area contributed by atoms with Gasteiger partial charge in [0.15, 0.2) is 9.84 Å². The highest BCUT2D eigenvalue weighted by Crippen LogP contribution is 2.29. The Labute approximate surface area is 111 Å². The van der Waals surface area contributed by atoms with Crippen molar-refractivity contribution in [1.29, 1.82) is 0 Å². The Kier molecular flexibility index (Phi) is 3.87. The standard InChI is InChI=1S/C12H16FNO2S2/c1-8-5-9(7-17-8)14-12-6-10(18(2,15)16)3-4-11(12)13/h3-4,6,8-9,14H,5,7H2,1-2H3. The third kappa shape index (κ3) is 3.17. The maximum absolute atomic E-state index is 13.6. The van der Waals surface area contributed by atoms with E-state index in [0.29, 0.717) is 5.25 Å². The van der Waals surface area contributed by atoms with Crippen LogP contribution < -0.4 is 5.32 Å².